The second-order valence-electron chi connectivity index (χ2n) is 3.45. The van der Waals surface area contributed by atoms with Gasteiger partial charge in [0.1, 0.15) is 0 Å². The Labute approximate surface area is 99.7 Å². The van der Waals surface area contributed by atoms with Gasteiger partial charge in [-0.05, 0) is 13.3 Å². The zero-order valence-electron chi connectivity index (χ0n) is 9.00. The number of unbranched alkanes of at least 4 members (excludes halogenated alkanes) is 1. The van der Waals surface area contributed by atoms with E-state index in [0.29, 0.717) is 5.25 Å². The van der Waals surface area contributed by atoms with Crippen LogP contribution in [-0.4, -0.2) is 40.3 Å². The molecule has 82 valence electrons. The number of alkyl halides is 1. The summed E-state index contributed by atoms with van der Waals surface area (Å²) in [5.41, 5.74) is 0. The summed E-state index contributed by atoms with van der Waals surface area (Å²) >= 11 is 5.44. The summed E-state index contributed by atoms with van der Waals surface area (Å²) in [6.45, 7) is 7.67. The van der Waals surface area contributed by atoms with Crippen LogP contribution >= 0.6 is 27.7 Å². The van der Waals surface area contributed by atoms with Gasteiger partial charge in [-0.1, -0.05) is 41.0 Å². The molecule has 14 heavy (non-hydrogen) atoms. The number of hydrogen-bond donors (Lipinski definition) is 0. The van der Waals surface area contributed by atoms with Crippen molar-refractivity contribution in [2.45, 2.75) is 31.9 Å². The summed E-state index contributed by atoms with van der Waals surface area (Å²) in [4.78, 5) is 6.99. The van der Waals surface area contributed by atoms with Crippen molar-refractivity contribution in [3.05, 3.63) is 0 Å². The third-order valence-electron chi connectivity index (χ3n) is 2.31. The Balaban J connectivity index is 2.38. The fraction of sp³-hybridized carbons (Fsp3) is 0.900. The minimum Gasteiger partial charge on any atom is -0.352 e. The van der Waals surface area contributed by atoms with Gasteiger partial charge in [-0.25, -0.2) is 0 Å². The van der Waals surface area contributed by atoms with Crippen LogP contribution in [0.3, 0.4) is 0 Å². The van der Waals surface area contributed by atoms with Crippen LogP contribution < -0.4 is 0 Å². The summed E-state index contributed by atoms with van der Waals surface area (Å²) < 4.78 is 0. The van der Waals surface area contributed by atoms with Crippen molar-refractivity contribution in [1.82, 2.24) is 4.90 Å². The summed E-state index contributed by atoms with van der Waals surface area (Å²) in [7, 11) is 0. The van der Waals surface area contributed by atoms with Gasteiger partial charge in [0.2, 0.25) is 0 Å². The summed E-state index contributed by atoms with van der Waals surface area (Å²) in [6.07, 6.45) is 2.53. The van der Waals surface area contributed by atoms with Gasteiger partial charge in [0.15, 0.2) is 5.17 Å². The zero-order valence-corrected chi connectivity index (χ0v) is 11.4. The summed E-state index contributed by atoms with van der Waals surface area (Å²) in [5.74, 6) is 0. The van der Waals surface area contributed by atoms with E-state index in [9.17, 15) is 0 Å². The first-order valence-electron chi connectivity index (χ1n) is 5.33. The minimum absolute atomic E-state index is 0.653. The fourth-order valence-corrected chi connectivity index (χ4v) is 3.03. The van der Waals surface area contributed by atoms with Crippen LogP contribution in [-0.2, 0) is 0 Å². The maximum Gasteiger partial charge on any atom is 0.159 e. The molecule has 0 radical (unpaired) electrons. The Hall–Kier alpha value is 0.300. The Morgan fingerprint density at radius 2 is 2.36 bits per heavy atom. The molecule has 0 aromatic heterocycles. The van der Waals surface area contributed by atoms with Crippen LogP contribution in [0.4, 0.5) is 0 Å². The highest BCUT2D eigenvalue weighted by atomic mass is 79.9. The van der Waals surface area contributed by atoms with Gasteiger partial charge in [-0.2, -0.15) is 0 Å². The summed E-state index contributed by atoms with van der Waals surface area (Å²) in [5, 5.41) is 2.96. The molecule has 1 atom stereocenters. The van der Waals surface area contributed by atoms with Crippen LogP contribution in [0, 0.1) is 0 Å². The topological polar surface area (TPSA) is 15.6 Å². The molecule has 0 N–H and O–H groups in total. The molecule has 0 aromatic rings. The van der Waals surface area contributed by atoms with E-state index in [4.69, 9.17) is 0 Å². The van der Waals surface area contributed by atoms with Crippen molar-refractivity contribution in [3.63, 3.8) is 0 Å². The van der Waals surface area contributed by atoms with E-state index in [2.05, 4.69) is 39.7 Å². The minimum atomic E-state index is 0.653. The highest BCUT2D eigenvalue weighted by Crippen LogP contribution is 2.24. The highest BCUT2D eigenvalue weighted by molar-refractivity contribution is 9.09. The van der Waals surface area contributed by atoms with Crippen LogP contribution in [0.15, 0.2) is 4.99 Å². The van der Waals surface area contributed by atoms with Crippen LogP contribution in [0.2, 0.25) is 0 Å². The highest BCUT2D eigenvalue weighted by Gasteiger charge is 2.21. The molecule has 2 nitrogen and oxygen atoms in total. The van der Waals surface area contributed by atoms with Gasteiger partial charge in [0.05, 0.1) is 6.54 Å². The Bertz CT molecular complexity index is 197. The van der Waals surface area contributed by atoms with Gasteiger partial charge in [0.25, 0.3) is 0 Å². The Morgan fingerprint density at radius 3 is 2.86 bits per heavy atom. The number of thioether (sulfide) groups is 1. The lowest BCUT2D eigenvalue weighted by atomic mass is 10.3. The quantitative estimate of drug-likeness (QED) is 0.719. The lowest BCUT2D eigenvalue weighted by molar-refractivity contribution is 0.435. The molecule has 0 bridgehead atoms. The lowest BCUT2D eigenvalue weighted by Gasteiger charge is -2.22. The van der Waals surface area contributed by atoms with Gasteiger partial charge in [0, 0.05) is 23.7 Å². The second-order valence-corrected chi connectivity index (χ2v) is 5.37. The van der Waals surface area contributed by atoms with Crippen molar-refractivity contribution in [1.29, 1.82) is 0 Å². The first kappa shape index (κ1) is 12.4. The van der Waals surface area contributed by atoms with E-state index in [1.807, 2.05) is 11.8 Å². The first-order valence-corrected chi connectivity index (χ1v) is 7.33. The van der Waals surface area contributed by atoms with E-state index in [0.717, 1.165) is 25.0 Å². The third kappa shape index (κ3) is 3.46. The molecule has 0 amide bonds. The molecular weight excluding hydrogens is 260 g/mol. The molecule has 1 aliphatic heterocycles. The first-order chi connectivity index (χ1) is 6.81. The molecule has 4 heteroatoms. The predicted molar refractivity (Wildman–Crippen MR) is 69.6 cm³/mol. The molecule has 0 spiro atoms. The smallest absolute Gasteiger partial charge is 0.159 e. The second kappa shape index (κ2) is 6.72. The Kier molecular flexibility index (Phi) is 5.94. The number of aliphatic imine (C=N–C) groups is 1. The van der Waals surface area contributed by atoms with Crippen molar-refractivity contribution < 1.29 is 0 Å². The monoisotopic (exact) mass is 278 g/mol. The van der Waals surface area contributed by atoms with Gasteiger partial charge in [-0.15, -0.1) is 0 Å². The fourth-order valence-electron chi connectivity index (χ4n) is 1.40. The molecular formula is C10H19BrN2S. The molecule has 0 fully saturated rings. The van der Waals surface area contributed by atoms with Gasteiger partial charge < -0.3 is 4.90 Å². The normalized spacial score (nSPS) is 21.1. The molecule has 1 heterocycles. The van der Waals surface area contributed by atoms with E-state index in [-0.39, 0.29) is 0 Å². The van der Waals surface area contributed by atoms with Crippen molar-refractivity contribution in [3.8, 4) is 0 Å². The van der Waals surface area contributed by atoms with E-state index in [1.165, 1.54) is 18.0 Å². The summed E-state index contributed by atoms with van der Waals surface area (Å²) in [6, 6.07) is 0. The maximum atomic E-state index is 4.59. The largest absolute Gasteiger partial charge is 0.352 e. The molecule has 1 rings (SSSR count). The Morgan fingerprint density at radius 1 is 1.57 bits per heavy atom. The van der Waals surface area contributed by atoms with E-state index < -0.39 is 0 Å². The molecule has 0 aliphatic carbocycles. The van der Waals surface area contributed by atoms with Crippen LogP contribution in [0.25, 0.3) is 0 Å². The molecule has 0 aromatic carbocycles. The number of hydrogen-bond acceptors (Lipinski definition) is 3. The van der Waals surface area contributed by atoms with Crippen molar-refractivity contribution in [2.24, 2.45) is 4.99 Å². The van der Waals surface area contributed by atoms with Crippen molar-refractivity contribution >= 4 is 32.9 Å². The number of rotatable bonds is 5. The van der Waals surface area contributed by atoms with Gasteiger partial charge in [-0.3, -0.25) is 4.99 Å². The predicted octanol–water partition coefficient (Wildman–Crippen LogP) is 2.97. The number of amidine groups is 1. The molecule has 0 saturated heterocycles. The number of nitrogens with zero attached hydrogens (tertiary/aromatic N) is 2. The van der Waals surface area contributed by atoms with Gasteiger partial charge >= 0.3 is 0 Å². The average molecular weight is 279 g/mol. The molecule has 1 aliphatic rings. The van der Waals surface area contributed by atoms with E-state index in [1.54, 1.807) is 0 Å². The maximum absolute atomic E-state index is 4.59. The van der Waals surface area contributed by atoms with Crippen LogP contribution in [0.1, 0.15) is 26.7 Å². The third-order valence-corrected chi connectivity index (χ3v) is 4.77. The standard InChI is InChI=1S/C10H19BrN2S/c1-3-5-6-13(4-2)10-12-8-9(7-11)14-10/h9H,3-8H2,1-2H3. The number of halogens is 1. The van der Waals surface area contributed by atoms with Crippen molar-refractivity contribution in [2.75, 3.05) is 25.0 Å². The van der Waals surface area contributed by atoms with Crippen LogP contribution in [0.5, 0.6) is 0 Å². The zero-order chi connectivity index (χ0) is 10.4. The lowest BCUT2D eigenvalue weighted by Crippen LogP contribution is -2.29. The average Bonchev–Trinajstić information content (AvgIpc) is 2.68. The molecule has 0 saturated carbocycles. The SMILES string of the molecule is CCCCN(CC)C1=NCC(CBr)S1. The van der Waals surface area contributed by atoms with E-state index >= 15 is 0 Å². The molecule has 1 unspecified atom stereocenters.